The van der Waals surface area contributed by atoms with E-state index in [1.165, 1.54) is 30.3 Å². The predicted octanol–water partition coefficient (Wildman–Crippen LogP) is 5.39. The number of nitro groups is 2. The van der Waals surface area contributed by atoms with Gasteiger partial charge in [-0.05, 0) is 89.3 Å². The van der Waals surface area contributed by atoms with Crippen molar-refractivity contribution in [1.82, 2.24) is 10.9 Å². The highest BCUT2D eigenvalue weighted by Crippen LogP contribution is 2.33. The van der Waals surface area contributed by atoms with Crippen LogP contribution in [-0.2, 0) is 25.4 Å². The van der Waals surface area contributed by atoms with E-state index in [-0.39, 0.29) is 27.6 Å². The predicted molar refractivity (Wildman–Crippen MR) is 174 cm³/mol. The minimum Gasteiger partial charge on any atom is -0.401 e. The Morgan fingerprint density at radius 3 is 1.94 bits per heavy atom. The monoisotopic (exact) mass is 808 g/mol. The second-order valence-corrected chi connectivity index (χ2v) is 12.0. The lowest BCUT2D eigenvalue weighted by molar-refractivity contribution is -0.402. The van der Waals surface area contributed by atoms with Gasteiger partial charge in [-0.25, -0.2) is 10.0 Å². The lowest BCUT2D eigenvalue weighted by Crippen LogP contribution is -2.35. The Morgan fingerprint density at radius 2 is 1.39 bits per heavy atom. The lowest BCUT2D eigenvalue weighted by Gasteiger charge is -2.16. The van der Waals surface area contributed by atoms with Gasteiger partial charge in [0.05, 0.1) is 27.9 Å². The van der Waals surface area contributed by atoms with Gasteiger partial charge < -0.3 is 4.42 Å². The number of nitrogens with one attached hydrogen (secondary N) is 2. The summed E-state index contributed by atoms with van der Waals surface area (Å²) < 4.78 is 44.3. The Morgan fingerprint density at radius 1 is 0.776 bits per heavy atom. The van der Waals surface area contributed by atoms with Crippen LogP contribution in [0.15, 0.2) is 88.4 Å². The van der Waals surface area contributed by atoms with Gasteiger partial charge in [0.1, 0.15) is 21.8 Å². The molecule has 4 aromatic rings. The number of hydrazine groups is 2. The van der Waals surface area contributed by atoms with Gasteiger partial charge in [-0.2, -0.15) is 13.2 Å². The van der Waals surface area contributed by atoms with Gasteiger partial charge >= 0.3 is 17.1 Å². The highest BCUT2D eigenvalue weighted by atomic mass is 127. The molecule has 2 saturated heterocycles. The smallest absolute Gasteiger partial charge is 0.401 e. The fourth-order valence-electron chi connectivity index (χ4n) is 4.21. The van der Waals surface area contributed by atoms with E-state index in [2.05, 4.69) is 33.4 Å². The summed E-state index contributed by atoms with van der Waals surface area (Å²) in [5.74, 6) is -3.24. The number of carbonyl (C=O) groups excluding carboxylic acids is 4. The number of thiophene rings is 1. The largest absolute Gasteiger partial charge is 0.433 e. The summed E-state index contributed by atoms with van der Waals surface area (Å²) in [5, 5.41) is 22.9. The molecular weight excluding hydrogens is 792 g/mol. The minimum absolute atomic E-state index is 0.0552. The number of benzene rings is 2. The van der Waals surface area contributed by atoms with E-state index in [4.69, 9.17) is 4.42 Å². The molecule has 250 valence electrons. The number of anilines is 2. The van der Waals surface area contributed by atoms with E-state index in [9.17, 15) is 52.6 Å². The van der Waals surface area contributed by atoms with Crippen LogP contribution in [-0.4, -0.2) is 33.5 Å². The van der Waals surface area contributed by atoms with Crippen molar-refractivity contribution in [3.63, 3.8) is 0 Å². The molecule has 4 heterocycles. The molecule has 2 fully saturated rings. The molecule has 0 atom stereocenters. The Hall–Kier alpha value is -5.90. The number of hydrogen-bond donors (Lipinski definition) is 2. The van der Waals surface area contributed by atoms with Gasteiger partial charge in [0.15, 0.2) is 0 Å². The van der Waals surface area contributed by atoms with Gasteiger partial charge in [-0.15, -0.1) is 0 Å². The van der Waals surface area contributed by atoms with Gasteiger partial charge in [0.2, 0.25) is 0 Å². The third-order valence-corrected chi connectivity index (χ3v) is 8.16. The lowest BCUT2D eigenvalue weighted by atomic mass is 10.1. The van der Waals surface area contributed by atoms with Crippen molar-refractivity contribution in [2.24, 2.45) is 0 Å². The summed E-state index contributed by atoms with van der Waals surface area (Å²) >= 11 is 2.89. The number of alkyl halides is 3. The summed E-state index contributed by atoms with van der Waals surface area (Å²) in [6, 6.07) is 16.0. The summed E-state index contributed by atoms with van der Waals surface area (Å²) in [4.78, 5) is 68.9. The van der Waals surface area contributed by atoms with Crippen molar-refractivity contribution < 1.29 is 46.6 Å². The molecule has 0 radical (unpaired) electrons. The quantitative estimate of drug-likeness (QED) is 0.0843. The Kier molecular flexibility index (Phi) is 9.61. The van der Waals surface area contributed by atoms with Crippen LogP contribution in [0.2, 0.25) is 0 Å². The number of rotatable bonds is 6. The molecule has 2 aliphatic rings. The van der Waals surface area contributed by atoms with E-state index >= 15 is 0 Å². The number of carbonyl (C=O) groups is 4. The first-order valence-electron chi connectivity index (χ1n) is 13.3. The van der Waals surface area contributed by atoms with Crippen molar-refractivity contribution in [1.29, 1.82) is 0 Å². The molecule has 6 rings (SSSR count). The molecule has 4 amide bonds. The van der Waals surface area contributed by atoms with Crippen molar-refractivity contribution in [3.05, 3.63) is 124 Å². The molecule has 0 aliphatic carbocycles. The molecule has 0 unspecified atom stereocenters. The highest BCUT2D eigenvalue weighted by molar-refractivity contribution is 14.1. The first-order valence-corrected chi connectivity index (χ1v) is 15.2. The van der Waals surface area contributed by atoms with Crippen LogP contribution in [0.1, 0.15) is 16.2 Å². The van der Waals surface area contributed by atoms with Crippen molar-refractivity contribution >= 4 is 92.0 Å². The molecule has 0 saturated carbocycles. The van der Waals surface area contributed by atoms with Crippen molar-refractivity contribution in [2.75, 3.05) is 10.0 Å². The number of nitrogens with zero attached hydrogens (tertiary/aromatic N) is 4. The third-order valence-electron chi connectivity index (χ3n) is 6.46. The Labute approximate surface area is 288 Å². The Bertz CT molecular complexity index is 2090. The normalized spacial score (nSPS) is 16.2. The summed E-state index contributed by atoms with van der Waals surface area (Å²) in [5.41, 5.74) is 3.51. The fraction of sp³-hybridized carbons (Fsp3) is 0.0345. The maximum atomic E-state index is 12.8. The van der Waals surface area contributed by atoms with Gasteiger partial charge in [-0.1, -0.05) is 17.4 Å². The molecule has 2 aliphatic heterocycles. The number of furan rings is 1. The summed E-state index contributed by atoms with van der Waals surface area (Å²) in [7, 11) is 0. The molecule has 0 bridgehead atoms. The zero-order chi connectivity index (χ0) is 35.6. The molecule has 15 nitrogen and oxygen atoms in total. The molecule has 20 heteroatoms. The van der Waals surface area contributed by atoms with E-state index < -0.39 is 51.1 Å². The first kappa shape index (κ1) is 34.4. The van der Waals surface area contributed by atoms with Crippen molar-refractivity contribution in [3.8, 4) is 0 Å². The fourth-order valence-corrected chi connectivity index (χ4v) is 5.33. The number of amides is 4. The average Bonchev–Trinajstić information content (AvgIpc) is 3.84. The maximum absolute atomic E-state index is 12.8. The van der Waals surface area contributed by atoms with E-state index in [0.717, 1.165) is 50.3 Å². The van der Waals surface area contributed by atoms with E-state index in [1.807, 2.05) is 0 Å². The van der Waals surface area contributed by atoms with Crippen LogP contribution in [0.5, 0.6) is 0 Å². The molecule has 2 aromatic heterocycles. The van der Waals surface area contributed by atoms with Crippen LogP contribution in [0.25, 0.3) is 12.2 Å². The second kappa shape index (κ2) is 13.7. The minimum atomic E-state index is -4.60. The van der Waals surface area contributed by atoms with Gasteiger partial charge in [0, 0.05) is 14.5 Å². The zero-order valence-corrected chi connectivity index (χ0v) is 26.9. The molecule has 49 heavy (non-hydrogen) atoms. The van der Waals surface area contributed by atoms with Crippen molar-refractivity contribution in [2.45, 2.75) is 6.18 Å². The van der Waals surface area contributed by atoms with Crippen LogP contribution < -0.4 is 20.9 Å². The average molecular weight is 808 g/mol. The molecule has 2 aromatic carbocycles. The van der Waals surface area contributed by atoms with Gasteiger partial charge in [0.25, 0.3) is 23.6 Å². The Balaban J connectivity index is 0.000000192. The van der Waals surface area contributed by atoms with E-state index in [0.29, 0.717) is 15.6 Å². The molecule has 2 N–H and O–H groups in total. The maximum Gasteiger partial charge on any atom is 0.433 e. The number of hydrogen-bond acceptors (Lipinski definition) is 10. The summed E-state index contributed by atoms with van der Waals surface area (Å²) in [6.45, 7) is 0. The van der Waals surface area contributed by atoms with Crippen LogP contribution in [0.3, 0.4) is 0 Å². The van der Waals surface area contributed by atoms with Crippen LogP contribution >= 0.6 is 33.9 Å². The second-order valence-electron chi connectivity index (χ2n) is 9.67. The first-order chi connectivity index (χ1) is 23.1. The summed E-state index contributed by atoms with van der Waals surface area (Å²) in [6.07, 6.45) is -2.27. The van der Waals surface area contributed by atoms with Crippen LogP contribution in [0.4, 0.5) is 35.4 Å². The highest BCUT2D eigenvalue weighted by Gasteiger charge is 2.37. The topological polar surface area (TPSA) is 198 Å². The third kappa shape index (κ3) is 7.65. The standard InChI is InChI=1S/C15H8F3N3O4S.C14H8IN3O5/c16-15(17,18)8-2-1-3-9(6-8)20-14(23)11(13(22)19-20)7-10-4-5-12(26-10)21(24)25;15-8-1-3-9(4-2-8)17-14(20)11(13(19)16-17)7-10-5-6-12(23-10)18(21)22/h1-7H,(H,19,22);1-7H,(H,16,19). The van der Waals surface area contributed by atoms with Gasteiger partial charge in [-0.3, -0.25) is 50.3 Å². The van der Waals surface area contributed by atoms with Crippen LogP contribution in [0, 0.1) is 23.8 Å². The SMILES string of the molecule is O=C1NN(c2ccc(I)cc2)C(=O)C1=Cc1ccc([N+](=O)[O-])o1.O=C1NN(c2cccc(C(F)(F)F)c2)C(=O)C1=Cc1ccc([N+](=O)[O-])s1. The molecule has 0 spiro atoms. The molecular formula is C29H16F3IN6O9S. The zero-order valence-electron chi connectivity index (χ0n) is 24.0. The van der Waals surface area contributed by atoms with E-state index in [1.54, 1.807) is 24.3 Å². The number of halogens is 4.